The summed E-state index contributed by atoms with van der Waals surface area (Å²) in [6.07, 6.45) is 1.49. The lowest BCUT2D eigenvalue weighted by Crippen LogP contribution is -2.13. The average molecular weight is 344 g/mol. The van der Waals surface area contributed by atoms with Crippen LogP contribution in [0, 0.1) is 6.92 Å². The Morgan fingerprint density at radius 2 is 1.95 bits per heavy atom. The predicted molar refractivity (Wildman–Crippen MR) is 77.8 cm³/mol. The largest absolute Gasteiger partial charge is 0.337 e. The van der Waals surface area contributed by atoms with Crippen molar-refractivity contribution in [2.24, 2.45) is 7.05 Å². The summed E-state index contributed by atoms with van der Waals surface area (Å²) in [7, 11) is -1.87. The van der Waals surface area contributed by atoms with Crippen LogP contribution in [-0.2, 0) is 22.4 Å². The number of rotatable bonds is 4. The average Bonchev–Trinajstić information content (AvgIpc) is 2.71. The number of nitrogens with zero attached hydrogens (tertiary/aromatic N) is 2. The van der Waals surface area contributed by atoms with Gasteiger partial charge >= 0.3 is 0 Å². The lowest BCUT2D eigenvalue weighted by atomic mass is 10.2. The van der Waals surface area contributed by atoms with Crippen molar-refractivity contribution in [1.29, 1.82) is 0 Å². The fraction of sp³-hybridized carbons (Fsp3) is 0.250. The molecule has 1 aromatic carbocycles. The second-order valence-corrected chi connectivity index (χ2v) is 6.36. The van der Waals surface area contributed by atoms with E-state index in [-0.39, 0.29) is 5.03 Å². The Morgan fingerprint density at radius 1 is 1.32 bits per heavy atom. The molecule has 0 unspecified atom stereocenters. The van der Waals surface area contributed by atoms with E-state index in [9.17, 15) is 8.42 Å². The standard InChI is InChI=1S/C12H14BrN3O2S/c1-9-14-12(8-16(9)2)19(17,18)15-11-5-3-10(7-13)4-6-11/h3-6,8,15H,7H2,1-2H3. The molecule has 1 aromatic heterocycles. The summed E-state index contributed by atoms with van der Waals surface area (Å²) < 4.78 is 28.4. The number of aromatic nitrogens is 2. The van der Waals surface area contributed by atoms with Gasteiger partial charge in [0.25, 0.3) is 10.0 Å². The van der Waals surface area contributed by atoms with E-state index >= 15 is 0 Å². The fourth-order valence-corrected chi connectivity index (χ4v) is 3.00. The molecule has 0 saturated carbocycles. The van der Waals surface area contributed by atoms with Crippen molar-refractivity contribution in [2.45, 2.75) is 17.3 Å². The van der Waals surface area contributed by atoms with E-state index in [0.29, 0.717) is 11.5 Å². The van der Waals surface area contributed by atoms with E-state index in [4.69, 9.17) is 0 Å². The van der Waals surface area contributed by atoms with Crippen LogP contribution in [0.4, 0.5) is 5.69 Å². The van der Waals surface area contributed by atoms with E-state index in [1.165, 1.54) is 6.20 Å². The van der Waals surface area contributed by atoms with Crippen molar-refractivity contribution in [3.63, 3.8) is 0 Å². The summed E-state index contributed by atoms with van der Waals surface area (Å²) in [5.41, 5.74) is 1.60. The molecule has 0 spiro atoms. The molecule has 0 radical (unpaired) electrons. The minimum absolute atomic E-state index is 0.0251. The zero-order valence-electron chi connectivity index (χ0n) is 10.6. The van der Waals surface area contributed by atoms with Gasteiger partial charge in [0.05, 0.1) is 0 Å². The smallest absolute Gasteiger partial charge is 0.280 e. The van der Waals surface area contributed by atoms with Crippen molar-refractivity contribution >= 4 is 31.6 Å². The summed E-state index contributed by atoms with van der Waals surface area (Å²) >= 11 is 3.34. The number of imidazole rings is 1. The summed E-state index contributed by atoms with van der Waals surface area (Å²) in [4.78, 5) is 4.02. The lowest BCUT2D eigenvalue weighted by Gasteiger charge is -2.06. The highest BCUT2D eigenvalue weighted by molar-refractivity contribution is 9.08. The molecule has 0 bridgehead atoms. The molecular formula is C12H14BrN3O2S. The number of sulfonamides is 1. The number of halogens is 1. The van der Waals surface area contributed by atoms with Gasteiger partial charge < -0.3 is 4.57 Å². The van der Waals surface area contributed by atoms with Crippen LogP contribution in [0.3, 0.4) is 0 Å². The summed E-state index contributed by atoms with van der Waals surface area (Å²) in [6, 6.07) is 7.17. The van der Waals surface area contributed by atoms with E-state index in [1.807, 2.05) is 12.1 Å². The molecule has 1 heterocycles. The monoisotopic (exact) mass is 343 g/mol. The number of alkyl halides is 1. The zero-order chi connectivity index (χ0) is 14.0. The second kappa shape index (κ2) is 5.34. The number of hydrogen-bond donors (Lipinski definition) is 1. The maximum Gasteiger partial charge on any atom is 0.280 e. The first-order valence-corrected chi connectivity index (χ1v) is 8.20. The molecule has 0 aliphatic rings. The third-order valence-corrected chi connectivity index (χ3v) is 4.62. The normalized spacial score (nSPS) is 11.5. The van der Waals surface area contributed by atoms with Gasteiger partial charge in [-0.05, 0) is 24.6 Å². The number of aryl methyl sites for hydroxylation is 2. The second-order valence-electron chi connectivity index (χ2n) is 4.17. The predicted octanol–water partition coefficient (Wildman–Crippen LogP) is 2.42. The molecule has 0 atom stereocenters. The molecule has 0 saturated heterocycles. The molecule has 7 heteroatoms. The molecule has 2 aromatic rings. The Labute approximate surface area is 120 Å². The Morgan fingerprint density at radius 3 is 2.42 bits per heavy atom. The van der Waals surface area contributed by atoms with Gasteiger partial charge in [0.1, 0.15) is 5.82 Å². The Hall–Kier alpha value is -1.34. The van der Waals surface area contributed by atoms with Crippen LogP contribution in [0.5, 0.6) is 0 Å². The first kappa shape index (κ1) is 14.1. The van der Waals surface area contributed by atoms with Crippen molar-refractivity contribution in [3.05, 3.63) is 41.9 Å². The van der Waals surface area contributed by atoms with Crippen LogP contribution in [0.1, 0.15) is 11.4 Å². The topological polar surface area (TPSA) is 64.0 Å². The summed E-state index contributed by atoms with van der Waals surface area (Å²) in [5.74, 6) is 0.648. The quantitative estimate of drug-likeness (QED) is 0.867. The first-order valence-electron chi connectivity index (χ1n) is 5.60. The highest BCUT2D eigenvalue weighted by Gasteiger charge is 2.18. The lowest BCUT2D eigenvalue weighted by molar-refractivity contribution is 0.598. The van der Waals surface area contributed by atoms with Crippen LogP contribution in [-0.4, -0.2) is 18.0 Å². The minimum atomic E-state index is -3.63. The molecule has 0 aliphatic heterocycles. The van der Waals surface area contributed by atoms with Gasteiger partial charge in [0, 0.05) is 24.3 Å². The molecular weight excluding hydrogens is 330 g/mol. The Kier molecular flexibility index (Phi) is 3.96. The SMILES string of the molecule is Cc1nc(S(=O)(=O)Nc2ccc(CBr)cc2)cn1C. The van der Waals surface area contributed by atoms with Gasteiger partial charge in [0.2, 0.25) is 0 Å². The van der Waals surface area contributed by atoms with Crippen LogP contribution < -0.4 is 4.72 Å². The third-order valence-electron chi connectivity index (χ3n) is 2.72. The number of anilines is 1. The van der Waals surface area contributed by atoms with Gasteiger partial charge in [-0.25, -0.2) is 4.98 Å². The number of benzene rings is 1. The van der Waals surface area contributed by atoms with E-state index < -0.39 is 10.0 Å². The maximum absolute atomic E-state index is 12.1. The van der Waals surface area contributed by atoms with Gasteiger partial charge in [-0.3, -0.25) is 4.72 Å². The molecule has 1 N–H and O–H groups in total. The summed E-state index contributed by atoms with van der Waals surface area (Å²) in [6.45, 7) is 1.75. The minimum Gasteiger partial charge on any atom is -0.337 e. The van der Waals surface area contributed by atoms with Crippen LogP contribution in [0.2, 0.25) is 0 Å². The van der Waals surface area contributed by atoms with Crippen LogP contribution in [0.15, 0.2) is 35.5 Å². The van der Waals surface area contributed by atoms with Gasteiger partial charge in [0.15, 0.2) is 5.03 Å². The van der Waals surface area contributed by atoms with Gasteiger partial charge in [-0.2, -0.15) is 8.42 Å². The number of hydrogen-bond acceptors (Lipinski definition) is 3. The third kappa shape index (κ3) is 3.16. The molecule has 0 fully saturated rings. The van der Waals surface area contributed by atoms with Gasteiger partial charge in [-0.15, -0.1) is 0 Å². The fourth-order valence-electron chi connectivity index (χ4n) is 1.53. The van der Waals surface area contributed by atoms with Crippen LogP contribution >= 0.6 is 15.9 Å². The van der Waals surface area contributed by atoms with Crippen molar-refractivity contribution in [3.8, 4) is 0 Å². The first-order chi connectivity index (χ1) is 8.92. The molecule has 19 heavy (non-hydrogen) atoms. The van der Waals surface area contributed by atoms with Crippen molar-refractivity contribution < 1.29 is 8.42 Å². The van der Waals surface area contributed by atoms with E-state index in [2.05, 4.69) is 25.6 Å². The Bertz CT molecular complexity index is 658. The zero-order valence-corrected chi connectivity index (χ0v) is 13.0. The van der Waals surface area contributed by atoms with E-state index in [0.717, 1.165) is 10.9 Å². The highest BCUT2D eigenvalue weighted by Crippen LogP contribution is 2.17. The van der Waals surface area contributed by atoms with Crippen LogP contribution in [0.25, 0.3) is 0 Å². The van der Waals surface area contributed by atoms with Crippen molar-refractivity contribution in [1.82, 2.24) is 9.55 Å². The maximum atomic E-state index is 12.1. The summed E-state index contributed by atoms with van der Waals surface area (Å²) in [5, 5.41) is 0.761. The molecule has 2 rings (SSSR count). The number of nitrogens with one attached hydrogen (secondary N) is 1. The molecule has 5 nitrogen and oxygen atoms in total. The molecule has 0 aliphatic carbocycles. The van der Waals surface area contributed by atoms with Gasteiger partial charge in [-0.1, -0.05) is 28.1 Å². The highest BCUT2D eigenvalue weighted by atomic mass is 79.9. The molecule has 102 valence electrons. The van der Waals surface area contributed by atoms with E-state index in [1.54, 1.807) is 30.7 Å². The molecule has 0 amide bonds. The van der Waals surface area contributed by atoms with Crippen molar-refractivity contribution in [2.75, 3.05) is 4.72 Å². The Balaban J connectivity index is 2.25.